The third-order valence-electron chi connectivity index (χ3n) is 5.68. The first-order valence-electron chi connectivity index (χ1n) is 12.1. The first kappa shape index (κ1) is 33.9. The third-order valence-corrected chi connectivity index (χ3v) is 6.32. The molecule has 14 nitrogen and oxygen atoms in total. The summed E-state index contributed by atoms with van der Waals surface area (Å²) in [5, 5.41) is 17.0. The molecule has 0 bridgehead atoms. The molecule has 212 valence electrons. The van der Waals surface area contributed by atoms with Gasteiger partial charge in [-0.15, -0.1) is 0 Å². The number of carboxylic acids is 1. The Morgan fingerprint density at radius 3 is 1.92 bits per heavy atom. The Labute approximate surface area is 221 Å². The lowest BCUT2D eigenvalue weighted by Crippen LogP contribution is -2.57. The zero-order valence-corrected chi connectivity index (χ0v) is 22.5. The van der Waals surface area contributed by atoms with Gasteiger partial charge >= 0.3 is 5.97 Å². The van der Waals surface area contributed by atoms with E-state index in [1.54, 1.807) is 13.2 Å². The molecule has 5 unspecified atom stereocenters. The average Bonchev–Trinajstić information content (AvgIpc) is 2.83. The number of carbonyl (C=O) groups excluding carboxylic acids is 4. The Morgan fingerprint density at radius 1 is 0.892 bits per heavy atom. The number of hydrogen-bond donors (Lipinski definition) is 8. The molecule has 0 aliphatic carbocycles. The third kappa shape index (κ3) is 14.3. The van der Waals surface area contributed by atoms with Crippen molar-refractivity contribution in [3.8, 4) is 0 Å². The van der Waals surface area contributed by atoms with E-state index in [9.17, 15) is 29.1 Å². The molecular weight excluding hydrogens is 504 g/mol. The lowest BCUT2D eigenvalue weighted by atomic mass is 9.98. The van der Waals surface area contributed by atoms with Gasteiger partial charge in [0.1, 0.15) is 18.1 Å². The lowest BCUT2D eigenvalue weighted by molar-refractivity contribution is -0.142. The molecule has 37 heavy (non-hydrogen) atoms. The van der Waals surface area contributed by atoms with E-state index in [0.29, 0.717) is 12.2 Å². The van der Waals surface area contributed by atoms with E-state index in [4.69, 9.17) is 22.9 Å². The fourth-order valence-corrected chi connectivity index (χ4v) is 3.62. The molecular formula is C22H42N8O6S. The number of hydrogen-bond acceptors (Lipinski definition) is 8. The number of guanidine groups is 1. The number of primary amides is 1. The summed E-state index contributed by atoms with van der Waals surface area (Å²) in [5.74, 6) is -3.75. The fourth-order valence-electron chi connectivity index (χ4n) is 3.15. The van der Waals surface area contributed by atoms with Gasteiger partial charge in [-0.3, -0.25) is 24.2 Å². The van der Waals surface area contributed by atoms with Gasteiger partial charge in [0.05, 0.1) is 6.04 Å². The Hall–Kier alpha value is -3.07. The van der Waals surface area contributed by atoms with Gasteiger partial charge < -0.3 is 44.0 Å². The maximum atomic E-state index is 13.1. The maximum Gasteiger partial charge on any atom is 0.326 e. The Kier molecular flexibility index (Phi) is 16.7. The molecule has 12 N–H and O–H groups in total. The van der Waals surface area contributed by atoms with Crippen LogP contribution in [0.3, 0.4) is 0 Å². The van der Waals surface area contributed by atoms with Crippen LogP contribution >= 0.6 is 11.8 Å². The zero-order chi connectivity index (χ0) is 28.5. The van der Waals surface area contributed by atoms with Crippen LogP contribution in [0.15, 0.2) is 4.99 Å². The van der Waals surface area contributed by atoms with Crippen molar-refractivity contribution in [3.63, 3.8) is 0 Å². The van der Waals surface area contributed by atoms with Crippen molar-refractivity contribution in [2.24, 2.45) is 33.8 Å². The Morgan fingerprint density at radius 2 is 1.43 bits per heavy atom. The van der Waals surface area contributed by atoms with Gasteiger partial charge in [0.15, 0.2) is 5.96 Å². The number of nitrogens with one attached hydrogen (secondary N) is 3. The predicted molar refractivity (Wildman–Crippen MR) is 142 cm³/mol. The molecule has 0 saturated carbocycles. The fraction of sp³-hybridized carbons (Fsp3) is 0.727. The van der Waals surface area contributed by atoms with Crippen molar-refractivity contribution in [3.05, 3.63) is 0 Å². The minimum absolute atomic E-state index is 0.0755. The highest BCUT2D eigenvalue weighted by molar-refractivity contribution is 7.98. The second kappa shape index (κ2) is 18.2. The minimum Gasteiger partial charge on any atom is -0.480 e. The number of amides is 4. The second-order valence-corrected chi connectivity index (χ2v) is 9.65. The molecule has 5 atom stereocenters. The molecule has 4 amide bonds. The van der Waals surface area contributed by atoms with E-state index in [2.05, 4.69) is 20.9 Å². The number of nitrogens with zero attached hydrogens (tertiary/aromatic N) is 1. The number of rotatable bonds is 19. The monoisotopic (exact) mass is 546 g/mol. The first-order valence-corrected chi connectivity index (χ1v) is 13.4. The van der Waals surface area contributed by atoms with Gasteiger partial charge in [0.25, 0.3) is 0 Å². The van der Waals surface area contributed by atoms with Crippen LogP contribution < -0.4 is 38.9 Å². The number of nitrogens with two attached hydrogens (primary N) is 4. The maximum absolute atomic E-state index is 13.1. The van der Waals surface area contributed by atoms with Crippen LogP contribution in [0, 0.1) is 5.92 Å². The summed E-state index contributed by atoms with van der Waals surface area (Å²) in [6.45, 7) is 3.82. The largest absolute Gasteiger partial charge is 0.480 e. The molecule has 0 spiro atoms. The standard InChI is InChI=1S/C22H42N8O6S/c1-4-12(2)17(24)20(34)29-14(7-8-16(23)31)19(33)28-13(6-5-10-27-22(25)26)18(32)30-15(21(35)36)9-11-37-3/h12-15,17H,4-11,24H2,1-3H3,(H2,23,31)(H,28,33)(H,29,34)(H,30,32)(H,35,36)(H4,25,26,27). The van der Waals surface area contributed by atoms with Crippen LogP contribution in [0.5, 0.6) is 0 Å². The van der Waals surface area contributed by atoms with Crippen LogP contribution in [0.1, 0.15) is 52.4 Å². The van der Waals surface area contributed by atoms with E-state index in [1.807, 2.05) is 6.92 Å². The smallest absolute Gasteiger partial charge is 0.326 e. The summed E-state index contributed by atoms with van der Waals surface area (Å²) in [7, 11) is 0. The van der Waals surface area contributed by atoms with Crippen molar-refractivity contribution >= 4 is 47.3 Å². The summed E-state index contributed by atoms with van der Waals surface area (Å²) < 4.78 is 0. The Bertz CT molecular complexity index is 808. The highest BCUT2D eigenvalue weighted by Gasteiger charge is 2.31. The molecule has 0 rings (SSSR count). The predicted octanol–water partition coefficient (Wildman–Crippen LogP) is -2.03. The quantitative estimate of drug-likeness (QED) is 0.0500. The summed E-state index contributed by atoms with van der Waals surface area (Å²) >= 11 is 1.43. The number of aliphatic imine (C=N–C) groups is 1. The van der Waals surface area contributed by atoms with Gasteiger partial charge in [0, 0.05) is 13.0 Å². The van der Waals surface area contributed by atoms with Crippen molar-refractivity contribution in [2.75, 3.05) is 18.6 Å². The Balaban J connectivity index is 5.70. The van der Waals surface area contributed by atoms with E-state index in [1.165, 1.54) is 11.8 Å². The van der Waals surface area contributed by atoms with E-state index < -0.39 is 53.8 Å². The highest BCUT2D eigenvalue weighted by atomic mass is 32.2. The van der Waals surface area contributed by atoms with Crippen molar-refractivity contribution in [2.45, 2.75) is 76.5 Å². The summed E-state index contributed by atoms with van der Waals surface area (Å²) in [4.78, 5) is 65.4. The lowest BCUT2D eigenvalue weighted by Gasteiger charge is -2.26. The van der Waals surface area contributed by atoms with Crippen molar-refractivity contribution in [1.29, 1.82) is 0 Å². The van der Waals surface area contributed by atoms with E-state index in [0.717, 1.165) is 0 Å². The molecule has 0 aliphatic heterocycles. The molecule has 0 radical (unpaired) electrons. The molecule has 0 aromatic carbocycles. The van der Waals surface area contributed by atoms with Crippen molar-refractivity contribution in [1.82, 2.24) is 16.0 Å². The average molecular weight is 547 g/mol. The summed E-state index contributed by atoms with van der Waals surface area (Å²) in [6.07, 6.45) is 2.67. The normalized spacial score (nSPS) is 14.8. The van der Waals surface area contributed by atoms with Crippen LogP contribution in [0.4, 0.5) is 0 Å². The summed E-state index contributed by atoms with van der Waals surface area (Å²) in [5.41, 5.74) is 21.8. The van der Waals surface area contributed by atoms with Crippen LogP contribution in [0.2, 0.25) is 0 Å². The number of carboxylic acid groups (broad SMARTS) is 1. The molecule has 0 heterocycles. The zero-order valence-electron chi connectivity index (χ0n) is 21.7. The number of carbonyl (C=O) groups is 5. The molecule has 0 aromatic heterocycles. The SMILES string of the molecule is CCC(C)C(N)C(=O)NC(CCC(N)=O)C(=O)NC(CCCN=C(N)N)C(=O)NC(CCSC)C(=O)O. The molecule has 0 saturated heterocycles. The van der Waals surface area contributed by atoms with Crippen LogP contribution in [-0.2, 0) is 24.0 Å². The van der Waals surface area contributed by atoms with Gasteiger partial charge in [-0.25, -0.2) is 4.79 Å². The van der Waals surface area contributed by atoms with Crippen molar-refractivity contribution < 1.29 is 29.1 Å². The van der Waals surface area contributed by atoms with Crippen LogP contribution in [-0.4, -0.2) is 83.4 Å². The highest BCUT2D eigenvalue weighted by Crippen LogP contribution is 2.09. The number of aliphatic carboxylic acids is 1. The van der Waals surface area contributed by atoms with Gasteiger partial charge in [-0.1, -0.05) is 20.3 Å². The minimum atomic E-state index is -1.21. The molecule has 15 heteroatoms. The van der Waals surface area contributed by atoms with Gasteiger partial charge in [0.2, 0.25) is 23.6 Å². The summed E-state index contributed by atoms with van der Waals surface area (Å²) in [6, 6.07) is -4.40. The van der Waals surface area contributed by atoms with E-state index in [-0.39, 0.29) is 50.5 Å². The second-order valence-electron chi connectivity index (χ2n) is 8.67. The molecule has 0 aliphatic rings. The van der Waals surface area contributed by atoms with E-state index >= 15 is 0 Å². The van der Waals surface area contributed by atoms with Gasteiger partial charge in [-0.05, 0) is 43.6 Å². The molecule has 0 fully saturated rings. The topological polar surface area (TPSA) is 258 Å². The van der Waals surface area contributed by atoms with Crippen LogP contribution in [0.25, 0.3) is 0 Å². The number of thioether (sulfide) groups is 1. The molecule has 0 aromatic rings. The van der Waals surface area contributed by atoms with Gasteiger partial charge in [-0.2, -0.15) is 11.8 Å². The first-order chi connectivity index (χ1) is 17.3.